The van der Waals surface area contributed by atoms with Crippen molar-refractivity contribution in [1.82, 2.24) is 9.97 Å². The summed E-state index contributed by atoms with van der Waals surface area (Å²) in [6.45, 7) is 1.49. The smallest absolute Gasteiger partial charge is 0.222 e. The topological polar surface area (TPSA) is 25.8 Å². The molecule has 0 N–H and O–H groups in total. The van der Waals surface area contributed by atoms with Crippen molar-refractivity contribution >= 4 is 38.4 Å². The van der Waals surface area contributed by atoms with Gasteiger partial charge in [0.1, 0.15) is 6.17 Å². The van der Waals surface area contributed by atoms with Gasteiger partial charge in [0.25, 0.3) is 0 Å². The van der Waals surface area contributed by atoms with Gasteiger partial charge in [0.15, 0.2) is 0 Å². The lowest BCUT2D eigenvalue weighted by Gasteiger charge is -2.06. The molecule has 15 heavy (non-hydrogen) atoms. The van der Waals surface area contributed by atoms with Crippen LogP contribution in [0.4, 0.5) is 4.39 Å². The second-order valence-corrected chi connectivity index (χ2v) is 4.39. The largest absolute Gasteiger partial charge is 0.243 e. The minimum Gasteiger partial charge on any atom is -0.243 e. The third kappa shape index (κ3) is 2.11. The van der Waals surface area contributed by atoms with E-state index in [9.17, 15) is 4.39 Å². The zero-order chi connectivity index (χ0) is 11.0. The van der Waals surface area contributed by atoms with Crippen molar-refractivity contribution in [3.8, 4) is 0 Å². The minimum atomic E-state index is -1.01. The number of nitrogens with zero attached hydrogens (tertiary/aromatic N) is 2. The quantitative estimate of drug-likeness (QED) is 0.739. The molecule has 1 unspecified atom stereocenters. The molecule has 0 radical (unpaired) electrons. The molecule has 2 nitrogen and oxygen atoms in total. The van der Waals surface area contributed by atoms with Crippen molar-refractivity contribution in [3.05, 3.63) is 33.6 Å². The Balaban J connectivity index is 2.73. The summed E-state index contributed by atoms with van der Waals surface area (Å²) in [7, 11) is 0. The van der Waals surface area contributed by atoms with E-state index >= 15 is 0 Å². The Morgan fingerprint density at radius 1 is 1.47 bits per heavy atom. The van der Waals surface area contributed by atoms with Gasteiger partial charge in [0.05, 0.1) is 5.52 Å². The van der Waals surface area contributed by atoms with Gasteiger partial charge in [-0.2, -0.15) is 0 Å². The van der Waals surface area contributed by atoms with Crippen LogP contribution in [0.25, 0.3) is 10.9 Å². The first-order chi connectivity index (χ1) is 7.08. The van der Waals surface area contributed by atoms with Crippen LogP contribution in [0.15, 0.2) is 22.8 Å². The van der Waals surface area contributed by atoms with E-state index < -0.39 is 6.17 Å². The number of rotatable bonds is 1. The van der Waals surface area contributed by atoms with E-state index in [4.69, 9.17) is 11.6 Å². The molecule has 0 saturated carbocycles. The summed E-state index contributed by atoms with van der Waals surface area (Å²) >= 11 is 9.01. The summed E-state index contributed by atoms with van der Waals surface area (Å²) in [5.74, 6) is 0. The maximum atomic E-state index is 13.1. The van der Waals surface area contributed by atoms with E-state index in [-0.39, 0.29) is 5.28 Å². The fraction of sp³-hybridized carbons (Fsp3) is 0.200. The Labute approximate surface area is 99.6 Å². The van der Waals surface area contributed by atoms with Gasteiger partial charge in [0, 0.05) is 16.1 Å². The van der Waals surface area contributed by atoms with Gasteiger partial charge >= 0.3 is 0 Å². The summed E-state index contributed by atoms with van der Waals surface area (Å²) in [4.78, 5) is 7.92. The highest BCUT2D eigenvalue weighted by Crippen LogP contribution is 2.28. The van der Waals surface area contributed by atoms with E-state index in [1.807, 2.05) is 0 Å². The molecule has 0 spiro atoms. The fourth-order valence-electron chi connectivity index (χ4n) is 1.33. The van der Waals surface area contributed by atoms with Crippen LogP contribution < -0.4 is 0 Å². The normalized spacial score (nSPS) is 13.1. The zero-order valence-corrected chi connectivity index (χ0v) is 10.2. The Morgan fingerprint density at radius 3 is 2.87 bits per heavy atom. The Bertz CT molecular complexity index is 516. The first kappa shape index (κ1) is 10.8. The lowest BCUT2D eigenvalue weighted by Crippen LogP contribution is -1.90. The maximum absolute atomic E-state index is 13.1. The molecule has 1 aromatic heterocycles. The molecule has 1 aromatic carbocycles. The third-order valence-corrected chi connectivity index (χ3v) is 2.88. The molecule has 0 fully saturated rings. The standard InChI is InChI=1S/C10H7BrClFN2/c1-5(13)6-2-7-4-14-10(12)15-9(7)8(11)3-6/h2-5H,1H3. The third-order valence-electron chi connectivity index (χ3n) is 2.09. The van der Waals surface area contributed by atoms with E-state index in [1.165, 1.54) is 6.92 Å². The highest BCUT2D eigenvalue weighted by Gasteiger charge is 2.09. The molecular weight excluding hydrogens is 282 g/mol. The van der Waals surface area contributed by atoms with E-state index in [2.05, 4.69) is 25.9 Å². The molecule has 0 aliphatic heterocycles. The van der Waals surface area contributed by atoms with Gasteiger partial charge in [-0.25, -0.2) is 14.4 Å². The molecule has 2 aromatic rings. The maximum Gasteiger partial charge on any atom is 0.222 e. The predicted octanol–water partition coefficient (Wildman–Crippen LogP) is 4.08. The molecule has 0 aliphatic rings. The second kappa shape index (κ2) is 4.02. The van der Waals surface area contributed by atoms with Crippen LogP contribution in [0.1, 0.15) is 18.7 Å². The predicted molar refractivity (Wildman–Crippen MR) is 61.8 cm³/mol. The highest BCUT2D eigenvalue weighted by atomic mass is 79.9. The van der Waals surface area contributed by atoms with Crippen molar-refractivity contribution in [1.29, 1.82) is 0 Å². The SMILES string of the molecule is CC(F)c1cc(Br)c2nc(Cl)ncc2c1. The van der Waals surface area contributed by atoms with Crippen LogP contribution in [-0.4, -0.2) is 9.97 Å². The minimum absolute atomic E-state index is 0.184. The van der Waals surface area contributed by atoms with Gasteiger partial charge in [-0.1, -0.05) is 0 Å². The lowest BCUT2D eigenvalue weighted by molar-refractivity contribution is 0.374. The van der Waals surface area contributed by atoms with Crippen LogP contribution in [-0.2, 0) is 0 Å². The molecule has 0 saturated heterocycles. The van der Waals surface area contributed by atoms with Gasteiger partial charge < -0.3 is 0 Å². The molecule has 0 aliphatic carbocycles. The number of hydrogen-bond donors (Lipinski definition) is 0. The molecule has 78 valence electrons. The second-order valence-electron chi connectivity index (χ2n) is 3.20. The monoisotopic (exact) mass is 288 g/mol. The summed E-state index contributed by atoms with van der Waals surface area (Å²) in [5, 5.41) is 0.956. The van der Waals surface area contributed by atoms with Crippen LogP contribution in [0.2, 0.25) is 5.28 Å². The number of alkyl halides is 1. The van der Waals surface area contributed by atoms with Crippen LogP contribution in [0.5, 0.6) is 0 Å². The average Bonchev–Trinajstić information content (AvgIpc) is 2.18. The number of hydrogen-bond acceptors (Lipinski definition) is 2. The van der Waals surface area contributed by atoms with Gasteiger partial charge in [-0.05, 0) is 52.2 Å². The Morgan fingerprint density at radius 2 is 2.20 bits per heavy atom. The summed E-state index contributed by atoms with van der Waals surface area (Å²) in [6, 6.07) is 3.43. The fourth-order valence-corrected chi connectivity index (χ4v) is 2.05. The van der Waals surface area contributed by atoms with Gasteiger partial charge in [0.2, 0.25) is 5.28 Å². The van der Waals surface area contributed by atoms with Crippen molar-refractivity contribution in [3.63, 3.8) is 0 Å². The molecular formula is C10H7BrClFN2. The van der Waals surface area contributed by atoms with Crippen LogP contribution in [0.3, 0.4) is 0 Å². The van der Waals surface area contributed by atoms with E-state index in [0.717, 1.165) is 9.86 Å². The Kier molecular flexibility index (Phi) is 2.89. The molecule has 0 amide bonds. The first-order valence-corrected chi connectivity index (χ1v) is 5.51. The zero-order valence-electron chi connectivity index (χ0n) is 7.84. The van der Waals surface area contributed by atoms with Gasteiger partial charge in [-0.15, -0.1) is 0 Å². The molecule has 5 heteroatoms. The lowest BCUT2D eigenvalue weighted by atomic mass is 10.1. The van der Waals surface area contributed by atoms with Crippen molar-refractivity contribution < 1.29 is 4.39 Å². The van der Waals surface area contributed by atoms with E-state index in [1.54, 1.807) is 18.3 Å². The summed E-state index contributed by atoms with van der Waals surface area (Å²) < 4.78 is 13.9. The van der Waals surface area contributed by atoms with E-state index in [0.29, 0.717) is 11.1 Å². The highest BCUT2D eigenvalue weighted by molar-refractivity contribution is 9.10. The molecule has 0 bridgehead atoms. The Hall–Kier alpha value is -0.740. The van der Waals surface area contributed by atoms with Gasteiger partial charge in [-0.3, -0.25) is 0 Å². The number of halogens is 3. The van der Waals surface area contributed by atoms with Crippen molar-refractivity contribution in [2.45, 2.75) is 13.1 Å². The number of benzene rings is 1. The van der Waals surface area contributed by atoms with Crippen LogP contribution in [0, 0.1) is 0 Å². The molecule has 2 rings (SSSR count). The molecule has 1 atom stereocenters. The summed E-state index contributed by atoms with van der Waals surface area (Å²) in [5.41, 5.74) is 1.29. The average molecular weight is 290 g/mol. The summed E-state index contributed by atoms with van der Waals surface area (Å²) in [6.07, 6.45) is 0.572. The number of aromatic nitrogens is 2. The first-order valence-electron chi connectivity index (χ1n) is 4.33. The van der Waals surface area contributed by atoms with Crippen molar-refractivity contribution in [2.24, 2.45) is 0 Å². The van der Waals surface area contributed by atoms with Crippen molar-refractivity contribution in [2.75, 3.05) is 0 Å². The molecule has 1 heterocycles. The van der Waals surface area contributed by atoms with Crippen LogP contribution >= 0.6 is 27.5 Å². The number of fused-ring (bicyclic) bond motifs is 1.